The SMILES string of the molecule is O=C(CCOc1ccc(F)cc1Cl)NC1CCCCC1CO. The van der Waals surface area contributed by atoms with Gasteiger partial charge in [0.15, 0.2) is 0 Å². The standard InChI is InChI=1S/C16H21ClFNO3/c17-13-9-12(18)5-6-15(13)22-8-7-16(21)19-14-4-2-1-3-11(14)10-20/h5-6,9,11,14,20H,1-4,7-8,10H2,(H,19,21). The van der Waals surface area contributed by atoms with Crippen LogP contribution in [-0.4, -0.2) is 30.3 Å². The van der Waals surface area contributed by atoms with Crippen LogP contribution in [0.25, 0.3) is 0 Å². The van der Waals surface area contributed by atoms with Gasteiger partial charge in [-0.05, 0) is 31.0 Å². The molecular formula is C16H21ClFNO3. The van der Waals surface area contributed by atoms with E-state index in [0.717, 1.165) is 25.7 Å². The normalized spacial score (nSPS) is 21.4. The van der Waals surface area contributed by atoms with E-state index in [-0.39, 0.29) is 42.5 Å². The molecule has 22 heavy (non-hydrogen) atoms. The first-order valence-electron chi connectivity index (χ1n) is 7.58. The molecular weight excluding hydrogens is 309 g/mol. The van der Waals surface area contributed by atoms with Gasteiger partial charge in [-0.25, -0.2) is 4.39 Å². The van der Waals surface area contributed by atoms with Crippen LogP contribution < -0.4 is 10.1 Å². The minimum absolute atomic E-state index is 0.0423. The predicted molar refractivity (Wildman–Crippen MR) is 82.5 cm³/mol. The molecule has 1 fully saturated rings. The van der Waals surface area contributed by atoms with Gasteiger partial charge in [0.25, 0.3) is 0 Å². The summed E-state index contributed by atoms with van der Waals surface area (Å²) < 4.78 is 18.3. The topological polar surface area (TPSA) is 58.6 Å². The van der Waals surface area contributed by atoms with Gasteiger partial charge in [-0.2, -0.15) is 0 Å². The summed E-state index contributed by atoms with van der Waals surface area (Å²) in [6.45, 7) is 0.278. The molecule has 1 aliphatic carbocycles. The van der Waals surface area contributed by atoms with Crippen LogP contribution in [-0.2, 0) is 4.79 Å². The zero-order chi connectivity index (χ0) is 15.9. The Balaban J connectivity index is 1.75. The fourth-order valence-corrected chi connectivity index (χ4v) is 2.96. The zero-order valence-corrected chi connectivity index (χ0v) is 13.1. The van der Waals surface area contributed by atoms with Crippen LogP contribution in [0.4, 0.5) is 4.39 Å². The Kier molecular flexibility index (Phi) is 6.46. The van der Waals surface area contributed by atoms with Crippen LogP contribution in [0.15, 0.2) is 18.2 Å². The molecule has 0 saturated heterocycles. The van der Waals surface area contributed by atoms with E-state index in [0.29, 0.717) is 5.75 Å². The van der Waals surface area contributed by atoms with E-state index in [1.165, 1.54) is 18.2 Å². The van der Waals surface area contributed by atoms with Crippen molar-refractivity contribution in [1.29, 1.82) is 0 Å². The van der Waals surface area contributed by atoms with E-state index in [4.69, 9.17) is 16.3 Å². The predicted octanol–water partition coefficient (Wildman–Crippen LogP) is 2.92. The maximum Gasteiger partial charge on any atom is 0.223 e. The van der Waals surface area contributed by atoms with E-state index in [9.17, 15) is 14.3 Å². The number of aliphatic hydroxyl groups excluding tert-OH is 1. The molecule has 0 spiro atoms. The number of hydrogen-bond donors (Lipinski definition) is 2. The number of aliphatic hydroxyl groups is 1. The summed E-state index contributed by atoms with van der Waals surface area (Å²) >= 11 is 5.85. The number of hydrogen-bond acceptors (Lipinski definition) is 3. The first kappa shape index (κ1) is 17.0. The van der Waals surface area contributed by atoms with Gasteiger partial charge in [0.05, 0.1) is 18.1 Å². The minimum atomic E-state index is -0.428. The van der Waals surface area contributed by atoms with Crippen molar-refractivity contribution >= 4 is 17.5 Å². The van der Waals surface area contributed by atoms with Crippen molar-refractivity contribution in [3.8, 4) is 5.75 Å². The lowest BCUT2D eigenvalue weighted by Gasteiger charge is -2.30. The fourth-order valence-electron chi connectivity index (χ4n) is 2.74. The zero-order valence-electron chi connectivity index (χ0n) is 12.4. The van der Waals surface area contributed by atoms with E-state index >= 15 is 0 Å². The van der Waals surface area contributed by atoms with Gasteiger partial charge in [-0.3, -0.25) is 4.79 Å². The number of rotatable bonds is 6. The van der Waals surface area contributed by atoms with Crippen LogP contribution in [0.5, 0.6) is 5.75 Å². The molecule has 4 nitrogen and oxygen atoms in total. The maximum atomic E-state index is 12.9. The second-order valence-electron chi connectivity index (χ2n) is 5.57. The van der Waals surface area contributed by atoms with Gasteiger partial charge in [-0.15, -0.1) is 0 Å². The third-order valence-electron chi connectivity index (χ3n) is 3.97. The van der Waals surface area contributed by atoms with Crippen molar-refractivity contribution in [3.63, 3.8) is 0 Å². The third-order valence-corrected chi connectivity index (χ3v) is 4.27. The Bertz CT molecular complexity index is 512. The Morgan fingerprint density at radius 2 is 2.18 bits per heavy atom. The van der Waals surface area contributed by atoms with Gasteiger partial charge in [0.2, 0.25) is 5.91 Å². The average molecular weight is 330 g/mol. The number of halogens is 2. The first-order chi connectivity index (χ1) is 10.6. The van der Waals surface area contributed by atoms with Gasteiger partial charge in [0.1, 0.15) is 11.6 Å². The quantitative estimate of drug-likeness (QED) is 0.843. The third kappa shape index (κ3) is 4.85. The van der Waals surface area contributed by atoms with Crippen LogP contribution in [0.3, 0.4) is 0 Å². The lowest BCUT2D eigenvalue weighted by Crippen LogP contribution is -2.43. The van der Waals surface area contributed by atoms with Crippen molar-refractivity contribution in [2.75, 3.05) is 13.2 Å². The van der Waals surface area contributed by atoms with E-state index in [1.807, 2.05) is 0 Å². The van der Waals surface area contributed by atoms with E-state index < -0.39 is 5.82 Å². The Morgan fingerprint density at radius 3 is 2.91 bits per heavy atom. The molecule has 2 rings (SSSR count). The van der Waals surface area contributed by atoms with Gasteiger partial charge >= 0.3 is 0 Å². The molecule has 122 valence electrons. The van der Waals surface area contributed by atoms with Crippen LogP contribution in [0.2, 0.25) is 5.02 Å². The highest BCUT2D eigenvalue weighted by Gasteiger charge is 2.25. The molecule has 1 aromatic carbocycles. The molecule has 2 unspecified atom stereocenters. The highest BCUT2D eigenvalue weighted by atomic mass is 35.5. The van der Waals surface area contributed by atoms with E-state index in [1.54, 1.807) is 0 Å². The number of carbonyl (C=O) groups excluding carboxylic acids is 1. The molecule has 2 atom stereocenters. The number of benzene rings is 1. The highest BCUT2D eigenvalue weighted by Crippen LogP contribution is 2.25. The summed E-state index contributed by atoms with van der Waals surface area (Å²) in [5, 5.41) is 12.5. The fraction of sp³-hybridized carbons (Fsp3) is 0.562. The van der Waals surface area contributed by atoms with Crippen LogP contribution in [0, 0.1) is 11.7 Å². The molecule has 0 heterocycles. The molecule has 1 amide bonds. The largest absolute Gasteiger partial charge is 0.491 e. The average Bonchev–Trinajstić information content (AvgIpc) is 2.50. The van der Waals surface area contributed by atoms with Crippen molar-refractivity contribution in [3.05, 3.63) is 29.0 Å². The second kappa shape index (κ2) is 8.34. The molecule has 0 radical (unpaired) electrons. The lowest BCUT2D eigenvalue weighted by molar-refractivity contribution is -0.123. The maximum absolute atomic E-state index is 12.9. The molecule has 0 aliphatic heterocycles. The first-order valence-corrected chi connectivity index (χ1v) is 7.96. The van der Waals surface area contributed by atoms with Crippen LogP contribution in [0.1, 0.15) is 32.1 Å². The Hall–Kier alpha value is -1.33. The summed E-state index contributed by atoms with van der Waals surface area (Å²) in [6.07, 6.45) is 4.22. The van der Waals surface area contributed by atoms with Crippen LogP contribution >= 0.6 is 11.6 Å². The van der Waals surface area contributed by atoms with Crippen molar-refractivity contribution < 1.29 is 19.0 Å². The molecule has 1 aliphatic rings. The van der Waals surface area contributed by atoms with Gasteiger partial charge in [0, 0.05) is 18.6 Å². The molecule has 0 aromatic heterocycles. The molecule has 2 N–H and O–H groups in total. The summed E-state index contributed by atoms with van der Waals surface area (Å²) in [4.78, 5) is 11.9. The number of carbonyl (C=O) groups is 1. The van der Waals surface area contributed by atoms with Gasteiger partial charge in [-0.1, -0.05) is 24.4 Å². The van der Waals surface area contributed by atoms with Crippen molar-refractivity contribution in [1.82, 2.24) is 5.32 Å². The molecule has 6 heteroatoms. The summed E-state index contributed by atoms with van der Waals surface area (Å²) in [5.74, 6) is -0.0297. The Morgan fingerprint density at radius 1 is 1.41 bits per heavy atom. The smallest absolute Gasteiger partial charge is 0.223 e. The monoisotopic (exact) mass is 329 g/mol. The summed E-state index contributed by atoms with van der Waals surface area (Å²) in [7, 11) is 0. The molecule has 1 saturated carbocycles. The molecule has 1 aromatic rings. The number of ether oxygens (including phenoxy) is 1. The van der Waals surface area contributed by atoms with Gasteiger partial charge < -0.3 is 15.2 Å². The second-order valence-corrected chi connectivity index (χ2v) is 5.98. The lowest BCUT2D eigenvalue weighted by atomic mass is 9.85. The number of nitrogens with one attached hydrogen (secondary N) is 1. The van der Waals surface area contributed by atoms with E-state index in [2.05, 4.69) is 5.32 Å². The Labute approximate surface area is 134 Å². The summed E-state index contributed by atoms with van der Waals surface area (Å²) in [5.41, 5.74) is 0. The minimum Gasteiger partial charge on any atom is -0.491 e. The highest BCUT2D eigenvalue weighted by molar-refractivity contribution is 6.32. The summed E-state index contributed by atoms with van der Waals surface area (Å²) in [6, 6.07) is 3.92. The van der Waals surface area contributed by atoms with Crippen molar-refractivity contribution in [2.45, 2.75) is 38.1 Å². The van der Waals surface area contributed by atoms with Crippen molar-refractivity contribution in [2.24, 2.45) is 5.92 Å². The number of amides is 1. The molecule has 0 bridgehead atoms.